The van der Waals surface area contributed by atoms with Crippen LogP contribution in [0, 0.1) is 5.92 Å². The first-order valence-corrected chi connectivity index (χ1v) is 15.6. The summed E-state index contributed by atoms with van der Waals surface area (Å²) in [7, 11) is 3.20. The fourth-order valence-electron chi connectivity index (χ4n) is 3.01. The van der Waals surface area contributed by atoms with Gasteiger partial charge in [-0.15, -0.1) is 0 Å². The molecule has 0 N–H and O–H groups in total. The van der Waals surface area contributed by atoms with Crippen molar-refractivity contribution in [3.63, 3.8) is 0 Å². The van der Waals surface area contributed by atoms with Gasteiger partial charge in [-0.3, -0.25) is 9.59 Å². The van der Waals surface area contributed by atoms with Gasteiger partial charge in [0.25, 0.3) is 0 Å². The number of ether oxygens (including phenoxy) is 4. The van der Waals surface area contributed by atoms with Crippen LogP contribution in [0.3, 0.4) is 0 Å². The zero-order chi connectivity index (χ0) is 31.9. The van der Waals surface area contributed by atoms with E-state index in [0.29, 0.717) is 23.8 Å². The predicted molar refractivity (Wildman–Crippen MR) is 175 cm³/mol. The van der Waals surface area contributed by atoms with Crippen LogP contribution < -0.4 is 9.47 Å². The number of hydrogen-bond donors (Lipinski definition) is 0. The van der Waals surface area contributed by atoms with Gasteiger partial charge in [0.15, 0.2) is 5.12 Å². The molecule has 2 aromatic rings. The molecule has 0 amide bonds. The van der Waals surface area contributed by atoms with Gasteiger partial charge in [-0.2, -0.15) is 0 Å². The normalized spacial score (nSPS) is 10.9. The van der Waals surface area contributed by atoms with Crippen molar-refractivity contribution in [3.05, 3.63) is 84.0 Å². The highest BCUT2D eigenvalue weighted by atomic mass is 32.2. The quantitative estimate of drug-likeness (QED) is 0.121. The number of methoxy groups -OCH3 is 2. The first-order chi connectivity index (χ1) is 20.7. The molecule has 0 aliphatic carbocycles. The van der Waals surface area contributed by atoms with Crippen molar-refractivity contribution >= 4 is 57.8 Å². The predicted octanol–water partition coefficient (Wildman–Crippen LogP) is 6.65. The van der Waals surface area contributed by atoms with Crippen molar-refractivity contribution in [2.24, 2.45) is 5.92 Å². The standard InChI is InChI=1S/C17H22O4S.C16H18O4S/c1-13(2)12-17(19)22-11-10-21-16(18)9-6-14-4-7-15(20-3)8-5-14;1-3-4-16(18)21-12-11-20-15(17)10-7-13-5-8-14(19-2)9-6-13/h4-9,13H,10-12H2,1-3H3;3-10H,11-12H2,1-2H3/b9-6+;4-3+,10-7+. The molecule has 0 aromatic heterocycles. The lowest BCUT2D eigenvalue weighted by Gasteiger charge is -2.04. The van der Waals surface area contributed by atoms with E-state index in [2.05, 4.69) is 0 Å². The summed E-state index contributed by atoms with van der Waals surface area (Å²) in [5.74, 6) is 1.99. The second kappa shape index (κ2) is 22.8. The van der Waals surface area contributed by atoms with Crippen molar-refractivity contribution in [1.29, 1.82) is 0 Å². The molecule has 10 heteroatoms. The van der Waals surface area contributed by atoms with Crippen LogP contribution in [0.15, 0.2) is 72.8 Å². The van der Waals surface area contributed by atoms with Crippen molar-refractivity contribution in [2.75, 3.05) is 38.9 Å². The van der Waals surface area contributed by atoms with Gasteiger partial charge in [-0.1, -0.05) is 67.7 Å². The van der Waals surface area contributed by atoms with Crippen LogP contribution in [0.5, 0.6) is 11.5 Å². The number of allylic oxidation sites excluding steroid dienone is 1. The smallest absolute Gasteiger partial charge is 0.330 e. The van der Waals surface area contributed by atoms with Crippen LogP contribution >= 0.6 is 23.5 Å². The van der Waals surface area contributed by atoms with E-state index in [-0.39, 0.29) is 23.4 Å². The number of benzene rings is 2. The Morgan fingerprint density at radius 3 is 1.53 bits per heavy atom. The number of esters is 2. The van der Waals surface area contributed by atoms with Gasteiger partial charge in [0.1, 0.15) is 24.7 Å². The van der Waals surface area contributed by atoms with Crippen LogP contribution in [-0.2, 0) is 28.7 Å². The van der Waals surface area contributed by atoms with Crippen LogP contribution in [-0.4, -0.2) is 61.1 Å². The lowest BCUT2D eigenvalue weighted by atomic mass is 10.2. The maximum atomic E-state index is 11.5. The number of carbonyl (C=O) groups is 4. The average Bonchev–Trinajstić information content (AvgIpc) is 3.00. The van der Waals surface area contributed by atoms with E-state index < -0.39 is 11.9 Å². The van der Waals surface area contributed by atoms with E-state index in [0.717, 1.165) is 34.4 Å². The molecular weight excluding hydrogens is 588 g/mol. The Bertz CT molecular complexity index is 1220. The zero-order valence-electron chi connectivity index (χ0n) is 25.3. The van der Waals surface area contributed by atoms with Crippen LogP contribution in [0.1, 0.15) is 38.3 Å². The summed E-state index contributed by atoms with van der Waals surface area (Å²) in [4.78, 5) is 45.6. The fraction of sp³-hybridized carbons (Fsp3) is 0.333. The van der Waals surface area contributed by atoms with E-state index in [9.17, 15) is 19.2 Å². The molecule has 0 atom stereocenters. The van der Waals surface area contributed by atoms with Crippen molar-refractivity contribution in [3.8, 4) is 11.5 Å². The van der Waals surface area contributed by atoms with E-state index in [1.807, 2.05) is 62.4 Å². The lowest BCUT2D eigenvalue weighted by molar-refractivity contribution is -0.137. The van der Waals surface area contributed by atoms with E-state index >= 15 is 0 Å². The van der Waals surface area contributed by atoms with E-state index in [4.69, 9.17) is 18.9 Å². The van der Waals surface area contributed by atoms with Crippen LogP contribution in [0.25, 0.3) is 12.2 Å². The Labute approximate surface area is 262 Å². The number of thioether (sulfide) groups is 2. The third kappa shape index (κ3) is 19.1. The Kier molecular flexibility index (Phi) is 19.7. The maximum absolute atomic E-state index is 11.5. The second-order valence-electron chi connectivity index (χ2n) is 9.03. The van der Waals surface area contributed by atoms with E-state index in [1.54, 1.807) is 39.4 Å². The Morgan fingerprint density at radius 2 is 1.14 bits per heavy atom. The summed E-state index contributed by atoms with van der Waals surface area (Å²) in [5.41, 5.74) is 1.77. The Morgan fingerprint density at radius 1 is 0.698 bits per heavy atom. The van der Waals surface area contributed by atoms with Crippen molar-refractivity contribution in [1.82, 2.24) is 0 Å². The SMILES string of the molecule is C/C=C/C(=O)SCCOC(=O)/C=C/c1ccc(OC)cc1.COc1ccc(/C=C/C(=O)OCCSC(=O)CC(C)C)cc1. The monoisotopic (exact) mass is 628 g/mol. The highest BCUT2D eigenvalue weighted by Gasteiger charge is 2.06. The Balaban J connectivity index is 0.000000430. The van der Waals surface area contributed by atoms with E-state index in [1.165, 1.54) is 30.0 Å². The number of rotatable bonds is 15. The molecule has 0 fully saturated rings. The molecule has 0 heterocycles. The highest BCUT2D eigenvalue weighted by Crippen LogP contribution is 2.14. The maximum Gasteiger partial charge on any atom is 0.330 e. The molecular formula is C33H40O8S2. The molecule has 232 valence electrons. The summed E-state index contributed by atoms with van der Waals surface area (Å²) < 4.78 is 20.1. The molecule has 0 aliphatic rings. The summed E-state index contributed by atoms with van der Waals surface area (Å²) in [6, 6.07) is 14.7. The molecule has 0 spiro atoms. The summed E-state index contributed by atoms with van der Waals surface area (Å²) in [5, 5.41) is 0.0992. The van der Waals surface area contributed by atoms with Gasteiger partial charge in [-0.25, -0.2) is 9.59 Å². The third-order valence-corrected chi connectivity index (χ3v) is 6.75. The molecule has 2 aromatic carbocycles. The first kappa shape index (κ1) is 37.3. The number of hydrogen-bond acceptors (Lipinski definition) is 10. The average molecular weight is 629 g/mol. The summed E-state index contributed by atoms with van der Waals surface area (Å²) in [6.45, 7) is 6.23. The lowest BCUT2D eigenvalue weighted by Crippen LogP contribution is -2.06. The van der Waals surface area contributed by atoms with Gasteiger partial charge in [0.2, 0.25) is 5.12 Å². The molecule has 0 saturated heterocycles. The van der Waals surface area contributed by atoms with Crippen LogP contribution in [0.4, 0.5) is 0 Å². The minimum Gasteiger partial charge on any atom is -0.497 e. The number of carbonyl (C=O) groups excluding carboxylic acids is 4. The highest BCUT2D eigenvalue weighted by molar-refractivity contribution is 8.14. The zero-order valence-corrected chi connectivity index (χ0v) is 26.9. The summed E-state index contributed by atoms with van der Waals surface area (Å²) in [6.07, 6.45) is 9.80. The molecule has 0 aliphatic heterocycles. The fourth-order valence-corrected chi connectivity index (χ4v) is 4.46. The van der Waals surface area contributed by atoms with Crippen molar-refractivity contribution in [2.45, 2.75) is 27.2 Å². The Hall–Kier alpha value is -3.76. The second-order valence-corrected chi connectivity index (χ2v) is 11.3. The largest absolute Gasteiger partial charge is 0.497 e. The molecule has 2 rings (SSSR count). The molecule has 0 bridgehead atoms. The van der Waals surface area contributed by atoms with Crippen LogP contribution in [0.2, 0.25) is 0 Å². The minimum absolute atomic E-state index is 0.0395. The van der Waals surface area contributed by atoms with Gasteiger partial charge < -0.3 is 18.9 Å². The molecule has 0 saturated carbocycles. The third-order valence-electron chi connectivity index (χ3n) is 5.10. The molecule has 0 unspecified atom stereocenters. The molecule has 0 radical (unpaired) electrons. The van der Waals surface area contributed by atoms with Gasteiger partial charge in [0, 0.05) is 30.1 Å². The van der Waals surface area contributed by atoms with Gasteiger partial charge in [-0.05, 0) is 66.5 Å². The van der Waals surface area contributed by atoms with Gasteiger partial charge in [0.05, 0.1) is 14.2 Å². The topological polar surface area (TPSA) is 105 Å². The first-order valence-electron chi connectivity index (χ1n) is 13.6. The minimum atomic E-state index is -0.426. The molecule has 43 heavy (non-hydrogen) atoms. The summed E-state index contributed by atoms with van der Waals surface area (Å²) >= 11 is 2.33. The van der Waals surface area contributed by atoms with Crippen molar-refractivity contribution < 1.29 is 38.1 Å². The molecule has 8 nitrogen and oxygen atoms in total. The van der Waals surface area contributed by atoms with Gasteiger partial charge >= 0.3 is 11.9 Å².